The number of imidazole rings is 1. The van der Waals surface area contributed by atoms with Crippen molar-refractivity contribution in [3.63, 3.8) is 0 Å². The van der Waals surface area contributed by atoms with Gasteiger partial charge in [-0.1, -0.05) is 12.1 Å². The third-order valence-electron chi connectivity index (χ3n) is 3.18. The fourth-order valence-corrected chi connectivity index (χ4v) is 3.06. The van der Waals surface area contributed by atoms with Crippen molar-refractivity contribution in [3.05, 3.63) is 48.0 Å². The summed E-state index contributed by atoms with van der Waals surface area (Å²) in [4.78, 5) is 16.1. The van der Waals surface area contributed by atoms with E-state index in [2.05, 4.69) is 9.55 Å². The topological polar surface area (TPSA) is 55.1 Å². The lowest BCUT2D eigenvalue weighted by Gasteiger charge is -2.08. The lowest BCUT2D eigenvalue weighted by Crippen LogP contribution is -2.00. The summed E-state index contributed by atoms with van der Waals surface area (Å²) in [5.41, 5.74) is 1.53. The van der Waals surface area contributed by atoms with Crippen LogP contribution < -0.4 is 0 Å². The second-order valence-corrected chi connectivity index (χ2v) is 5.63. The normalized spacial score (nSPS) is 14.5. The van der Waals surface area contributed by atoms with Crippen LogP contribution in [0.15, 0.2) is 41.7 Å². The van der Waals surface area contributed by atoms with Crippen LogP contribution in [0.5, 0.6) is 0 Å². The maximum atomic E-state index is 11.1. The number of aromatic carboxylic acids is 1. The molecule has 0 radical (unpaired) electrons. The fraction of sp³-hybridized carbons (Fsp3) is 0.286. The number of hydrogen-bond donors (Lipinski definition) is 1. The van der Waals surface area contributed by atoms with Crippen LogP contribution in [0.1, 0.15) is 34.9 Å². The van der Waals surface area contributed by atoms with Crippen molar-refractivity contribution in [2.24, 2.45) is 0 Å². The molecule has 1 aliphatic rings. The highest BCUT2D eigenvalue weighted by Gasteiger charge is 2.25. The molecule has 5 heteroatoms. The van der Waals surface area contributed by atoms with Crippen LogP contribution in [0.4, 0.5) is 0 Å². The minimum atomic E-state index is -0.876. The monoisotopic (exact) mass is 274 g/mol. The average molecular weight is 274 g/mol. The average Bonchev–Trinajstić information content (AvgIpc) is 3.15. The Kier molecular flexibility index (Phi) is 3.29. The van der Waals surface area contributed by atoms with Crippen LogP contribution >= 0.6 is 11.8 Å². The number of carboxylic acid groups (broad SMARTS) is 1. The molecule has 4 nitrogen and oxygen atoms in total. The first-order chi connectivity index (χ1) is 9.25. The zero-order valence-corrected chi connectivity index (χ0v) is 11.1. The molecule has 19 heavy (non-hydrogen) atoms. The van der Waals surface area contributed by atoms with Gasteiger partial charge in [0.05, 0.1) is 11.9 Å². The number of benzene rings is 1. The van der Waals surface area contributed by atoms with Gasteiger partial charge in [0.1, 0.15) is 0 Å². The predicted molar refractivity (Wildman–Crippen MR) is 73.5 cm³/mol. The Balaban J connectivity index is 1.75. The van der Waals surface area contributed by atoms with Gasteiger partial charge < -0.3 is 9.67 Å². The van der Waals surface area contributed by atoms with Crippen LogP contribution in [-0.4, -0.2) is 20.6 Å². The van der Waals surface area contributed by atoms with E-state index in [4.69, 9.17) is 5.11 Å². The van der Waals surface area contributed by atoms with E-state index in [1.807, 2.05) is 24.7 Å². The van der Waals surface area contributed by atoms with Crippen molar-refractivity contribution in [1.29, 1.82) is 0 Å². The Morgan fingerprint density at radius 1 is 1.42 bits per heavy atom. The Bertz CT molecular complexity index is 605. The molecule has 2 aromatic rings. The van der Waals surface area contributed by atoms with Crippen LogP contribution in [-0.2, 0) is 5.75 Å². The van der Waals surface area contributed by atoms with Crippen molar-refractivity contribution in [1.82, 2.24) is 9.55 Å². The molecule has 0 bridgehead atoms. The number of thioether (sulfide) groups is 1. The largest absolute Gasteiger partial charge is 0.478 e. The summed E-state index contributed by atoms with van der Waals surface area (Å²) in [5.74, 6) is -0.125. The Labute approximate surface area is 115 Å². The van der Waals surface area contributed by atoms with Crippen molar-refractivity contribution in [3.8, 4) is 0 Å². The minimum Gasteiger partial charge on any atom is -0.478 e. The highest BCUT2D eigenvalue weighted by molar-refractivity contribution is 7.98. The maximum absolute atomic E-state index is 11.1. The van der Waals surface area contributed by atoms with Gasteiger partial charge in [0, 0.05) is 28.6 Å². The molecule has 0 amide bonds. The first-order valence-electron chi connectivity index (χ1n) is 6.21. The van der Waals surface area contributed by atoms with E-state index in [1.54, 1.807) is 23.9 Å². The quantitative estimate of drug-likeness (QED) is 0.851. The van der Waals surface area contributed by atoms with Gasteiger partial charge in [0.25, 0.3) is 0 Å². The Hall–Kier alpha value is -1.75. The molecule has 1 heterocycles. The molecular weight excluding hydrogens is 260 g/mol. The van der Waals surface area contributed by atoms with Crippen LogP contribution in [0, 0.1) is 0 Å². The molecule has 98 valence electrons. The van der Waals surface area contributed by atoms with E-state index in [9.17, 15) is 4.79 Å². The first kappa shape index (κ1) is 12.3. The van der Waals surface area contributed by atoms with Crippen molar-refractivity contribution in [2.75, 3.05) is 0 Å². The zero-order valence-electron chi connectivity index (χ0n) is 10.3. The van der Waals surface area contributed by atoms with E-state index in [0.29, 0.717) is 11.6 Å². The second kappa shape index (κ2) is 5.09. The fourth-order valence-electron chi connectivity index (χ4n) is 2.05. The predicted octanol–water partition coefficient (Wildman–Crippen LogP) is 3.21. The molecule has 1 N–H and O–H groups in total. The molecule has 1 aliphatic carbocycles. The summed E-state index contributed by atoms with van der Waals surface area (Å²) >= 11 is 1.55. The van der Waals surface area contributed by atoms with Gasteiger partial charge in [-0.05, 0) is 25.0 Å². The molecule has 1 saturated carbocycles. The van der Waals surface area contributed by atoms with Gasteiger partial charge >= 0.3 is 5.97 Å². The number of rotatable bonds is 5. The van der Waals surface area contributed by atoms with Gasteiger partial charge in [0.15, 0.2) is 0 Å². The molecule has 0 unspecified atom stereocenters. The van der Waals surface area contributed by atoms with Crippen molar-refractivity contribution in [2.45, 2.75) is 29.5 Å². The van der Waals surface area contributed by atoms with E-state index < -0.39 is 5.97 Å². The summed E-state index contributed by atoms with van der Waals surface area (Å²) in [6.07, 6.45) is 6.19. The molecule has 0 aliphatic heterocycles. The standard InChI is InChI=1S/C14H14N2O2S/c17-14(18)12-3-1-2-4-13(12)19-8-11-7-15-9-16(11)10-5-6-10/h1-4,7,9-10H,5-6,8H2,(H,17,18). The SMILES string of the molecule is O=C(O)c1ccccc1SCc1cncn1C1CC1. The minimum absolute atomic E-state index is 0.366. The highest BCUT2D eigenvalue weighted by atomic mass is 32.2. The highest BCUT2D eigenvalue weighted by Crippen LogP contribution is 2.37. The first-order valence-corrected chi connectivity index (χ1v) is 7.20. The molecule has 3 rings (SSSR count). The van der Waals surface area contributed by atoms with Gasteiger partial charge in [-0.15, -0.1) is 11.8 Å². The van der Waals surface area contributed by atoms with E-state index in [1.165, 1.54) is 12.8 Å². The lowest BCUT2D eigenvalue weighted by molar-refractivity contribution is 0.0693. The number of carboxylic acids is 1. The van der Waals surface area contributed by atoms with Crippen LogP contribution in [0.3, 0.4) is 0 Å². The van der Waals surface area contributed by atoms with Gasteiger partial charge in [0.2, 0.25) is 0 Å². The lowest BCUT2D eigenvalue weighted by atomic mass is 10.2. The van der Waals surface area contributed by atoms with E-state index in [-0.39, 0.29) is 0 Å². The van der Waals surface area contributed by atoms with Gasteiger partial charge in [-0.2, -0.15) is 0 Å². The zero-order chi connectivity index (χ0) is 13.2. The number of hydrogen-bond acceptors (Lipinski definition) is 3. The summed E-state index contributed by atoms with van der Waals surface area (Å²) in [7, 11) is 0. The molecule has 1 aromatic heterocycles. The number of carbonyl (C=O) groups is 1. The van der Waals surface area contributed by atoms with Gasteiger partial charge in [-0.25, -0.2) is 9.78 Å². The number of aromatic nitrogens is 2. The maximum Gasteiger partial charge on any atom is 0.336 e. The van der Waals surface area contributed by atoms with Gasteiger partial charge in [-0.3, -0.25) is 0 Å². The molecule has 0 atom stereocenters. The van der Waals surface area contributed by atoms with E-state index >= 15 is 0 Å². The van der Waals surface area contributed by atoms with Crippen LogP contribution in [0.25, 0.3) is 0 Å². The number of nitrogens with zero attached hydrogens (tertiary/aromatic N) is 2. The summed E-state index contributed by atoms with van der Waals surface area (Å²) < 4.78 is 2.20. The second-order valence-electron chi connectivity index (χ2n) is 4.61. The molecular formula is C14H14N2O2S. The van der Waals surface area contributed by atoms with E-state index in [0.717, 1.165) is 16.3 Å². The molecule has 0 spiro atoms. The molecule has 1 fully saturated rings. The third kappa shape index (κ3) is 2.66. The van der Waals surface area contributed by atoms with Crippen molar-refractivity contribution < 1.29 is 9.90 Å². The van der Waals surface area contributed by atoms with Crippen LogP contribution in [0.2, 0.25) is 0 Å². The molecule has 0 saturated heterocycles. The van der Waals surface area contributed by atoms with Crippen molar-refractivity contribution >= 4 is 17.7 Å². The summed E-state index contributed by atoms with van der Waals surface area (Å²) in [5, 5.41) is 9.14. The smallest absolute Gasteiger partial charge is 0.336 e. The molecule has 1 aromatic carbocycles. The Morgan fingerprint density at radius 2 is 2.21 bits per heavy atom. The Morgan fingerprint density at radius 3 is 2.95 bits per heavy atom. The third-order valence-corrected chi connectivity index (χ3v) is 4.29. The summed E-state index contributed by atoms with van der Waals surface area (Å²) in [6, 6.07) is 7.72. The summed E-state index contributed by atoms with van der Waals surface area (Å²) in [6.45, 7) is 0.